The number of piperidine rings is 1. The molecule has 0 N–H and O–H groups in total. The van der Waals surface area contributed by atoms with Crippen molar-refractivity contribution in [2.75, 3.05) is 13.1 Å². The van der Waals surface area contributed by atoms with Crippen molar-refractivity contribution in [3.05, 3.63) is 35.4 Å². The van der Waals surface area contributed by atoms with Gasteiger partial charge in [-0.1, -0.05) is 36.8 Å². The molecule has 1 unspecified atom stereocenters. The van der Waals surface area contributed by atoms with Gasteiger partial charge in [-0.25, -0.2) is 0 Å². The van der Waals surface area contributed by atoms with Gasteiger partial charge in [0.15, 0.2) is 5.78 Å². The second kappa shape index (κ2) is 6.00. The molecule has 1 aliphatic rings. The molecule has 1 amide bonds. The number of likely N-dealkylation sites (tertiary alicyclic amines) is 1. The molecule has 0 saturated carbocycles. The van der Waals surface area contributed by atoms with E-state index in [2.05, 4.69) is 0 Å². The fourth-order valence-corrected chi connectivity index (χ4v) is 2.49. The van der Waals surface area contributed by atoms with Crippen LogP contribution < -0.4 is 0 Å². The molecular weight excluding hydrogens is 238 g/mol. The van der Waals surface area contributed by atoms with E-state index in [0.717, 1.165) is 24.9 Å². The van der Waals surface area contributed by atoms with Gasteiger partial charge in [0, 0.05) is 18.9 Å². The number of Topliss-reactive ketones (excluding diaryl/α,β-unsaturated/α-hetero) is 1. The minimum atomic E-state index is 0.0703. The maximum atomic E-state index is 12.0. The van der Waals surface area contributed by atoms with E-state index in [9.17, 15) is 9.59 Å². The van der Waals surface area contributed by atoms with Crippen LogP contribution in [0.15, 0.2) is 24.3 Å². The number of hydrogen-bond donors (Lipinski definition) is 0. The van der Waals surface area contributed by atoms with E-state index in [-0.39, 0.29) is 24.2 Å². The van der Waals surface area contributed by atoms with Crippen molar-refractivity contribution >= 4 is 11.7 Å². The Labute approximate surface area is 114 Å². The maximum Gasteiger partial charge on any atom is 0.225 e. The van der Waals surface area contributed by atoms with Crippen LogP contribution in [0, 0.1) is 12.8 Å². The maximum absolute atomic E-state index is 12.0. The minimum absolute atomic E-state index is 0.0703. The molecule has 1 aliphatic heterocycles. The molecule has 1 fully saturated rings. The zero-order valence-electron chi connectivity index (χ0n) is 11.7. The van der Waals surface area contributed by atoms with E-state index in [1.165, 1.54) is 5.56 Å². The largest absolute Gasteiger partial charge is 0.335 e. The number of hydrogen-bond acceptors (Lipinski definition) is 2. The Morgan fingerprint density at radius 3 is 2.68 bits per heavy atom. The second-order valence-corrected chi connectivity index (χ2v) is 5.50. The van der Waals surface area contributed by atoms with Crippen LogP contribution in [0.25, 0.3) is 0 Å². The number of amides is 1. The van der Waals surface area contributed by atoms with Crippen molar-refractivity contribution in [1.29, 1.82) is 0 Å². The van der Waals surface area contributed by atoms with E-state index in [4.69, 9.17) is 0 Å². The Morgan fingerprint density at radius 1 is 1.32 bits per heavy atom. The van der Waals surface area contributed by atoms with E-state index < -0.39 is 0 Å². The highest BCUT2D eigenvalue weighted by Crippen LogP contribution is 2.17. The number of carbonyl (C=O) groups is 2. The lowest BCUT2D eigenvalue weighted by Crippen LogP contribution is -2.43. The predicted molar refractivity (Wildman–Crippen MR) is 74.9 cm³/mol. The zero-order chi connectivity index (χ0) is 13.8. The Morgan fingerprint density at radius 2 is 2.00 bits per heavy atom. The summed E-state index contributed by atoms with van der Waals surface area (Å²) in [5.41, 5.74) is 2.21. The Kier molecular flexibility index (Phi) is 4.35. The molecule has 0 spiro atoms. The molecule has 3 heteroatoms. The summed E-state index contributed by atoms with van der Waals surface area (Å²) in [4.78, 5) is 25.7. The molecule has 1 heterocycles. The first-order valence-corrected chi connectivity index (χ1v) is 6.92. The summed E-state index contributed by atoms with van der Waals surface area (Å²) >= 11 is 0. The van der Waals surface area contributed by atoms with Crippen molar-refractivity contribution in [3.63, 3.8) is 0 Å². The van der Waals surface area contributed by atoms with E-state index in [1.807, 2.05) is 38.1 Å². The van der Waals surface area contributed by atoms with Gasteiger partial charge < -0.3 is 4.90 Å². The summed E-state index contributed by atoms with van der Waals surface area (Å²) < 4.78 is 0. The molecular formula is C16H21NO2. The monoisotopic (exact) mass is 259 g/mol. The molecule has 0 aromatic heterocycles. The highest BCUT2D eigenvalue weighted by atomic mass is 16.2. The Balaban J connectivity index is 1.90. The van der Waals surface area contributed by atoms with Gasteiger partial charge in [0.25, 0.3) is 0 Å². The normalized spacial score (nSPS) is 19.6. The first-order chi connectivity index (χ1) is 9.06. The predicted octanol–water partition coefficient (Wildman–Crippen LogP) is 2.37. The van der Waals surface area contributed by atoms with Gasteiger partial charge >= 0.3 is 0 Å². The van der Waals surface area contributed by atoms with Gasteiger partial charge in [-0.15, -0.1) is 0 Å². The van der Waals surface area contributed by atoms with Crippen LogP contribution in [0.4, 0.5) is 0 Å². The zero-order valence-corrected chi connectivity index (χ0v) is 11.7. The van der Waals surface area contributed by atoms with E-state index in [1.54, 1.807) is 4.90 Å². The van der Waals surface area contributed by atoms with Crippen molar-refractivity contribution in [3.8, 4) is 0 Å². The smallest absolute Gasteiger partial charge is 0.225 e. The first kappa shape index (κ1) is 13.8. The molecule has 1 atom stereocenters. The summed E-state index contributed by atoms with van der Waals surface area (Å²) in [6.07, 6.45) is 2.37. The van der Waals surface area contributed by atoms with Gasteiger partial charge in [0.1, 0.15) is 0 Å². The van der Waals surface area contributed by atoms with Gasteiger partial charge in [-0.3, -0.25) is 9.59 Å². The molecule has 1 aromatic carbocycles. The molecule has 0 radical (unpaired) electrons. The average Bonchev–Trinajstić information content (AvgIpc) is 2.38. The van der Waals surface area contributed by atoms with Crippen LogP contribution in [0.5, 0.6) is 0 Å². The molecule has 1 saturated heterocycles. The standard InChI is InChI=1S/C16H21NO2/c1-12-5-7-14(8-6-12)10-15(18)11-17-9-3-4-13(2)16(17)19/h5-8,13H,3-4,9-11H2,1-2H3. The fourth-order valence-electron chi connectivity index (χ4n) is 2.49. The third-order valence-electron chi connectivity index (χ3n) is 3.69. The lowest BCUT2D eigenvalue weighted by atomic mass is 9.98. The second-order valence-electron chi connectivity index (χ2n) is 5.50. The van der Waals surface area contributed by atoms with Crippen LogP contribution in [-0.4, -0.2) is 29.7 Å². The minimum Gasteiger partial charge on any atom is -0.335 e. The topological polar surface area (TPSA) is 37.4 Å². The molecule has 19 heavy (non-hydrogen) atoms. The summed E-state index contributed by atoms with van der Waals surface area (Å²) in [7, 11) is 0. The van der Waals surface area contributed by atoms with Crippen molar-refractivity contribution in [2.24, 2.45) is 5.92 Å². The quantitative estimate of drug-likeness (QED) is 0.832. The van der Waals surface area contributed by atoms with Gasteiger partial charge in [-0.2, -0.15) is 0 Å². The molecule has 102 valence electrons. The van der Waals surface area contributed by atoms with Crippen LogP contribution in [0.1, 0.15) is 30.9 Å². The lowest BCUT2D eigenvalue weighted by molar-refractivity contribution is -0.140. The SMILES string of the molecule is Cc1ccc(CC(=O)CN2CCCC(C)C2=O)cc1. The van der Waals surface area contributed by atoms with Gasteiger partial charge in [-0.05, 0) is 25.3 Å². The van der Waals surface area contributed by atoms with Gasteiger partial charge in [0.2, 0.25) is 5.91 Å². The van der Waals surface area contributed by atoms with E-state index >= 15 is 0 Å². The number of benzene rings is 1. The molecule has 0 aliphatic carbocycles. The number of rotatable bonds is 4. The molecule has 2 rings (SSSR count). The van der Waals surface area contributed by atoms with Crippen molar-refractivity contribution in [2.45, 2.75) is 33.1 Å². The van der Waals surface area contributed by atoms with Crippen molar-refractivity contribution in [1.82, 2.24) is 4.90 Å². The molecule has 0 bridgehead atoms. The Hall–Kier alpha value is -1.64. The summed E-state index contributed by atoms with van der Waals surface area (Å²) in [6, 6.07) is 7.98. The van der Waals surface area contributed by atoms with Crippen LogP contribution in [0.2, 0.25) is 0 Å². The summed E-state index contributed by atoms with van der Waals surface area (Å²) in [5, 5.41) is 0. The van der Waals surface area contributed by atoms with Crippen LogP contribution >= 0.6 is 0 Å². The van der Waals surface area contributed by atoms with Crippen LogP contribution in [0.3, 0.4) is 0 Å². The third-order valence-corrected chi connectivity index (χ3v) is 3.69. The number of carbonyl (C=O) groups excluding carboxylic acids is 2. The molecule has 3 nitrogen and oxygen atoms in total. The van der Waals surface area contributed by atoms with Crippen LogP contribution in [-0.2, 0) is 16.0 Å². The Bertz CT molecular complexity index is 464. The van der Waals surface area contributed by atoms with Gasteiger partial charge in [0.05, 0.1) is 6.54 Å². The number of aryl methyl sites for hydroxylation is 1. The first-order valence-electron chi connectivity index (χ1n) is 6.92. The third kappa shape index (κ3) is 3.66. The fraction of sp³-hybridized carbons (Fsp3) is 0.500. The average molecular weight is 259 g/mol. The summed E-state index contributed by atoms with van der Waals surface area (Å²) in [6.45, 7) is 4.96. The highest BCUT2D eigenvalue weighted by Gasteiger charge is 2.26. The van der Waals surface area contributed by atoms with Crippen molar-refractivity contribution < 1.29 is 9.59 Å². The molecule has 1 aromatic rings. The highest BCUT2D eigenvalue weighted by molar-refractivity contribution is 5.88. The number of nitrogens with zero attached hydrogens (tertiary/aromatic N) is 1. The lowest BCUT2D eigenvalue weighted by Gasteiger charge is -2.30. The van der Waals surface area contributed by atoms with E-state index in [0.29, 0.717) is 6.42 Å². The number of ketones is 1. The summed E-state index contributed by atoms with van der Waals surface area (Å²) in [5.74, 6) is 0.315.